The van der Waals surface area contributed by atoms with Crippen molar-refractivity contribution < 1.29 is 19.7 Å². The smallest absolute Gasteiger partial charge is 0.118 e. The normalized spacial score (nSPS) is 24.1. The average Bonchev–Trinajstić information content (AvgIpc) is 3.09. The van der Waals surface area contributed by atoms with E-state index in [9.17, 15) is 10.2 Å². The van der Waals surface area contributed by atoms with E-state index in [-0.39, 0.29) is 11.8 Å². The summed E-state index contributed by atoms with van der Waals surface area (Å²) in [5.41, 5.74) is 6.45. The minimum Gasteiger partial charge on any atom is -0.497 e. The van der Waals surface area contributed by atoms with E-state index in [1.54, 1.807) is 37.7 Å². The fourth-order valence-electron chi connectivity index (χ4n) is 5.97. The summed E-state index contributed by atoms with van der Waals surface area (Å²) in [5.74, 6) is 0.874. The van der Waals surface area contributed by atoms with Crippen LogP contribution in [0, 0.1) is 11.8 Å². The molecule has 3 aliphatic rings. The van der Waals surface area contributed by atoms with E-state index in [1.807, 2.05) is 48.5 Å². The third kappa shape index (κ3) is 5.44. The molecule has 0 spiro atoms. The Kier molecular flexibility index (Phi) is 8.00. The van der Waals surface area contributed by atoms with Crippen molar-refractivity contribution in [2.75, 3.05) is 14.2 Å². The van der Waals surface area contributed by atoms with Crippen LogP contribution in [0.4, 0.5) is 0 Å². The second-order valence-electron chi connectivity index (χ2n) is 11.1. The first-order chi connectivity index (χ1) is 21.5. The van der Waals surface area contributed by atoms with Gasteiger partial charge in [0.2, 0.25) is 0 Å². The number of thioether (sulfide) groups is 2. The molecule has 0 bridgehead atoms. The second-order valence-corrected chi connectivity index (χ2v) is 13.2. The Balaban J connectivity index is 1.20. The lowest BCUT2D eigenvalue weighted by Crippen LogP contribution is -2.53. The third-order valence-corrected chi connectivity index (χ3v) is 10.8. The summed E-state index contributed by atoms with van der Waals surface area (Å²) in [6, 6.07) is 32.7. The summed E-state index contributed by atoms with van der Waals surface area (Å²) in [5, 5.41) is 22.9. The van der Waals surface area contributed by atoms with Crippen molar-refractivity contribution in [1.82, 2.24) is 0 Å². The standard InChI is InChI=1S/C38H32O4S2/c1-41-27-15-11-23(12-16-27)35-21-25(29-7-3-5-9-33(29)43-35)19-31-37(39)32(38(31)40)20-26-22-36(24-13-17-28(42-2)18-14-24)44-34-10-6-4-8-30(26)34/h3-22,31-32,37-40H,1-2H3/b25-19+,26-20+. The molecule has 44 heavy (non-hydrogen) atoms. The second kappa shape index (κ2) is 12.2. The maximum Gasteiger partial charge on any atom is 0.118 e. The predicted molar refractivity (Wildman–Crippen MR) is 181 cm³/mol. The maximum atomic E-state index is 11.4. The number of fused-ring (bicyclic) bond motifs is 2. The highest BCUT2D eigenvalue weighted by Crippen LogP contribution is 2.49. The largest absolute Gasteiger partial charge is 0.497 e. The van der Waals surface area contributed by atoms with Gasteiger partial charge >= 0.3 is 0 Å². The van der Waals surface area contributed by atoms with Gasteiger partial charge in [-0.3, -0.25) is 0 Å². The van der Waals surface area contributed by atoms with Crippen molar-refractivity contribution in [3.63, 3.8) is 0 Å². The fourth-order valence-corrected chi connectivity index (χ4v) is 8.21. The lowest BCUT2D eigenvalue weighted by atomic mass is 9.67. The van der Waals surface area contributed by atoms with Gasteiger partial charge in [0, 0.05) is 31.4 Å². The number of benzene rings is 4. The van der Waals surface area contributed by atoms with Crippen LogP contribution in [-0.2, 0) is 0 Å². The van der Waals surface area contributed by atoms with Gasteiger partial charge in [0.05, 0.1) is 26.4 Å². The Labute approximate surface area is 266 Å². The monoisotopic (exact) mass is 616 g/mol. The van der Waals surface area contributed by atoms with Gasteiger partial charge in [-0.2, -0.15) is 0 Å². The molecule has 4 nitrogen and oxygen atoms in total. The van der Waals surface area contributed by atoms with E-state index in [0.29, 0.717) is 0 Å². The van der Waals surface area contributed by atoms with Gasteiger partial charge in [0.15, 0.2) is 0 Å². The molecule has 0 saturated heterocycles. The zero-order chi connectivity index (χ0) is 30.2. The number of hydrogen-bond acceptors (Lipinski definition) is 6. The quantitative estimate of drug-likeness (QED) is 0.227. The summed E-state index contributed by atoms with van der Waals surface area (Å²) >= 11 is 3.46. The van der Waals surface area contributed by atoms with E-state index in [2.05, 4.69) is 72.8 Å². The van der Waals surface area contributed by atoms with Crippen molar-refractivity contribution in [2.45, 2.75) is 22.0 Å². The number of ether oxygens (including phenoxy) is 2. The van der Waals surface area contributed by atoms with Gasteiger partial charge in [-0.15, -0.1) is 0 Å². The summed E-state index contributed by atoms with van der Waals surface area (Å²) in [4.78, 5) is 4.54. The highest BCUT2D eigenvalue weighted by molar-refractivity contribution is 8.08. The van der Waals surface area contributed by atoms with Crippen LogP contribution in [0.2, 0.25) is 0 Å². The van der Waals surface area contributed by atoms with Crippen LogP contribution in [0.25, 0.3) is 21.0 Å². The number of methoxy groups -OCH3 is 2. The molecule has 7 rings (SSSR count). The highest BCUT2D eigenvalue weighted by Gasteiger charge is 2.47. The van der Waals surface area contributed by atoms with Gasteiger partial charge in [-0.05, 0) is 82.0 Å². The van der Waals surface area contributed by atoms with Crippen molar-refractivity contribution in [3.8, 4) is 11.5 Å². The molecule has 220 valence electrons. The molecule has 1 aliphatic carbocycles. The van der Waals surface area contributed by atoms with Gasteiger partial charge in [0.25, 0.3) is 0 Å². The first-order valence-electron chi connectivity index (χ1n) is 14.6. The van der Waals surface area contributed by atoms with Gasteiger partial charge < -0.3 is 19.7 Å². The van der Waals surface area contributed by atoms with E-state index >= 15 is 0 Å². The number of hydrogen-bond donors (Lipinski definition) is 2. The Morgan fingerprint density at radius 1 is 0.545 bits per heavy atom. The Morgan fingerprint density at radius 3 is 1.32 bits per heavy atom. The minimum atomic E-state index is -0.704. The maximum absolute atomic E-state index is 11.4. The van der Waals surface area contributed by atoms with E-state index in [1.165, 1.54) is 0 Å². The number of allylic oxidation sites excluding steroid dienone is 4. The van der Waals surface area contributed by atoms with Gasteiger partial charge in [-0.25, -0.2) is 0 Å². The first-order valence-corrected chi connectivity index (χ1v) is 16.2. The molecule has 0 radical (unpaired) electrons. The van der Waals surface area contributed by atoms with Crippen molar-refractivity contribution in [3.05, 3.63) is 144 Å². The molecule has 2 heterocycles. The summed E-state index contributed by atoms with van der Waals surface area (Å²) in [7, 11) is 3.34. The van der Waals surface area contributed by atoms with Crippen LogP contribution in [0.5, 0.6) is 11.5 Å². The zero-order valence-electron chi connectivity index (χ0n) is 24.4. The molecule has 2 N–H and O–H groups in total. The summed E-state index contributed by atoms with van der Waals surface area (Å²) < 4.78 is 10.7. The lowest BCUT2D eigenvalue weighted by molar-refractivity contribution is -0.109. The lowest BCUT2D eigenvalue weighted by Gasteiger charge is -2.44. The molecule has 0 atom stereocenters. The van der Waals surface area contributed by atoms with E-state index < -0.39 is 12.2 Å². The van der Waals surface area contributed by atoms with Gasteiger partial charge in [-0.1, -0.05) is 96.3 Å². The molecule has 0 aromatic heterocycles. The van der Waals surface area contributed by atoms with Gasteiger partial charge in [0.1, 0.15) is 11.5 Å². The number of aliphatic hydroxyl groups excluding tert-OH is 2. The molecule has 1 fully saturated rings. The van der Waals surface area contributed by atoms with Crippen molar-refractivity contribution >= 4 is 44.5 Å². The number of rotatable bonds is 6. The van der Waals surface area contributed by atoms with Crippen LogP contribution in [0.3, 0.4) is 0 Å². The fraction of sp³-hybridized carbons (Fsp3) is 0.158. The Hall–Kier alpha value is -3.94. The SMILES string of the molecule is COc1ccc(C2=C/C(=C\C3C(O)C(/C=C4\C=C(c5ccc(OC)cc5)Sc5ccccc54)C3O)c3ccccc3S2)cc1. The molecule has 0 unspecified atom stereocenters. The molecular weight excluding hydrogens is 585 g/mol. The van der Waals surface area contributed by atoms with Crippen LogP contribution >= 0.6 is 23.5 Å². The zero-order valence-corrected chi connectivity index (χ0v) is 26.0. The minimum absolute atomic E-state index is 0.380. The highest BCUT2D eigenvalue weighted by atomic mass is 32.2. The topological polar surface area (TPSA) is 58.9 Å². The molecule has 4 aromatic rings. The summed E-state index contributed by atoms with van der Waals surface area (Å²) in [6.07, 6.45) is 7.02. The molecular formula is C38H32O4S2. The summed E-state index contributed by atoms with van der Waals surface area (Å²) in [6.45, 7) is 0. The average molecular weight is 617 g/mol. The third-order valence-electron chi connectivity index (χ3n) is 8.48. The molecule has 1 saturated carbocycles. The Morgan fingerprint density at radius 2 is 0.932 bits per heavy atom. The predicted octanol–water partition coefficient (Wildman–Crippen LogP) is 8.43. The van der Waals surface area contributed by atoms with Crippen LogP contribution < -0.4 is 9.47 Å². The van der Waals surface area contributed by atoms with Crippen molar-refractivity contribution in [1.29, 1.82) is 0 Å². The van der Waals surface area contributed by atoms with Crippen LogP contribution in [-0.4, -0.2) is 36.6 Å². The van der Waals surface area contributed by atoms with E-state index in [4.69, 9.17) is 9.47 Å². The molecule has 2 aliphatic heterocycles. The number of aliphatic hydroxyl groups is 2. The molecule has 4 aromatic carbocycles. The molecule has 6 heteroatoms. The first kappa shape index (κ1) is 28.8. The Bertz CT molecular complexity index is 1680. The van der Waals surface area contributed by atoms with Crippen LogP contribution in [0.15, 0.2) is 131 Å². The van der Waals surface area contributed by atoms with E-state index in [0.717, 1.165) is 64.5 Å². The molecule has 0 amide bonds. The van der Waals surface area contributed by atoms with Crippen LogP contribution in [0.1, 0.15) is 22.3 Å². The van der Waals surface area contributed by atoms with Crippen molar-refractivity contribution in [2.24, 2.45) is 11.8 Å².